The Hall–Kier alpha value is -1.44. The van der Waals surface area contributed by atoms with Gasteiger partial charge in [0.1, 0.15) is 0 Å². The lowest BCUT2D eigenvalue weighted by molar-refractivity contribution is 0.844. The third-order valence-electron chi connectivity index (χ3n) is 2.38. The third-order valence-corrected chi connectivity index (χ3v) is 2.38. The van der Waals surface area contributed by atoms with E-state index in [-0.39, 0.29) is 0 Å². The van der Waals surface area contributed by atoms with E-state index in [0.717, 1.165) is 0 Å². The predicted molar refractivity (Wildman–Crippen MR) is 87.6 cm³/mol. The molecule has 0 saturated heterocycles. The van der Waals surface area contributed by atoms with Crippen molar-refractivity contribution in [3.8, 4) is 0 Å². The van der Waals surface area contributed by atoms with Gasteiger partial charge in [-0.25, -0.2) is 0 Å². The second-order valence-electron chi connectivity index (χ2n) is 4.23. The van der Waals surface area contributed by atoms with Crippen LogP contribution in [0.5, 0.6) is 0 Å². The van der Waals surface area contributed by atoms with Gasteiger partial charge in [0.25, 0.3) is 0 Å². The summed E-state index contributed by atoms with van der Waals surface area (Å²) in [6.07, 6.45) is 5.25. The molecule has 0 aromatic carbocycles. The highest BCUT2D eigenvalue weighted by molar-refractivity contribution is 5.12. The topological polar surface area (TPSA) is 9.86 Å². The molecule has 0 aliphatic carbocycles. The molecule has 0 fully saturated rings. The Morgan fingerprint density at radius 1 is 0.842 bits per heavy atom. The SMILES string of the molecule is CC.CCC.Cc1ccc(C)n1C.Cn1cccc1. The Morgan fingerprint density at radius 3 is 1.26 bits per heavy atom. The van der Waals surface area contributed by atoms with Crippen LogP contribution in [-0.4, -0.2) is 9.13 Å². The zero-order valence-corrected chi connectivity index (χ0v) is 14.1. The average molecular weight is 264 g/mol. The second kappa shape index (κ2) is 13.0. The number of hydrogen-bond acceptors (Lipinski definition) is 0. The van der Waals surface area contributed by atoms with E-state index >= 15 is 0 Å². The average Bonchev–Trinajstić information content (AvgIpc) is 2.99. The van der Waals surface area contributed by atoms with Crippen molar-refractivity contribution in [1.29, 1.82) is 0 Å². The number of rotatable bonds is 0. The van der Waals surface area contributed by atoms with Gasteiger partial charge in [-0.15, -0.1) is 0 Å². The summed E-state index contributed by atoms with van der Waals surface area (Å²) in [6, 6.07) is 8.24. The molecule has 2 aromatic heterocycles. The van der Waals surface area contributed by atoms with E-state index in [1.165, 1.54) is 17.8 Å². The highest BCUT2D eigenvalue weighted by atomic mass is 14.9. The summed E-state index contributed by atoms with van der Waals surface area (Å²) in [7, 11) is 4.07. The molecule has 0 aliphatic heterocycles. The number of nitrogens with zero attached hydrogens (tertiary/aromatic N) is 2. The molecule has 2 heterocycles. The molecular weight excluding hydrogens is 232 g/mol. The van der Waals surface area contributed by atoms with Crippen LogP contribution in [-0.2, 0) is 14.1 Å². The van der Waals surface area contributed by atoms with Crippen LogP contribution in [0.4, 0.5) is 0 Å². The van der Waals surface area contributed by atoms with Crippen LogP contribution in [0.1, 0.15) is 45.5 Å². The first-order valence-corrected chi connectivity index (χ1v) is 7.18. The second-order valence-corrected chi connectivity index (χ2v) is 4.23. The van der Waals surface area contributed by atoms with Crippen LogP contribution in [0.2, 0.25) is 0 Å². The maximum absolute atomic E-state index is 2.17. The number of aryl methyl sites for hydroxylation is 3. The molecule has 2 aromatic rings. The lowest BCUT2D eigenvalue weighted by Crippen LogP contribution is -1.91. The van der Waals surface area contributed by atoms with Crippen molar-refractivity contribution >= 4 is 0 Å². The van der Waals surface area contributed by atoms with Crippen molar-refractivity contribution in [3.05, 3.63) is 48.0 Å². The fourth-order valence-corrected chi connectivity index (χ4v) is 1.16. The zero-order valence-electron chi connectivity index (χ0n) is 14.1. The van der Waals surface area contributed by atoms with Crippen molar-refractivity contribution < 1.29 is 0 Å². The molecule has 2 rings (SSSR count). The zero-order chi connectivity index (χ0) is 15.3. The minimum atomic E-state index is 1.25. The van der Waals surface area contributed by atoms with Gasteiger partial charge in [0, 0.05) is 37.9 Å². The van der Waals surface area contributed by atoms with Crippen LogP contribution in [0, 0.1) is 13.8 Å². The summed E-state index contributed by atoms with van der Waals surface area (Å²) in [5.74, 6) is 0. The lowest BCUT2D eigenvalue weighted by atomic mass is 10.5. The van der Waals surface area contributed by atoms with Gasteiger partial charge in [0.15, 0.2) is 0 Å². The summed E-state index contributed by atoms with van der Waals surface area (Å²) >= 11 is 0. The van der Waals surface area contributed by atoms with Crippen LogP contribution < -0.4 is 0 Å². The van der Waals surface area contributed by atoms with E-state index in [4.69, 9.17) is 0 Å². The molecule has 2 nitrogen and oxygen atoms in total. The van der Waals surface area contributed by atoms with E-state index in [1.807, 2.05) is 50.0 Å². The van der Waals surface area contributed by atoms with Gasteiger partial charge in [-0.3, -0.25) is 0 Å². The third kappa shape index (κ3) is 10.2. The molecule has 0 saturated carbocycles. The summed E-state index contributed by atoms with van der Waals surface area (Å²) in [5, 5.41) is 0. The molecule has 19 heavy (non-hydrogen) atoms. The Morgan fingerprint density at radius 2 is 1.16 bits per heavy atom. The largest absolute Gasteiger partial charge is 0.357 e. The summed E-state index contributed by atoms with van der Waals surface area (Å²) < 4.78 is 4.17. The van der Waals surface area contributed by atoms with Crippen molar-refractivity contribution in [2.24, 2.45) is 14.1 Å². The Balaban J connectivity index is 0. The summed E-state index contributed by atoms with van der Waals surface area (Å²) in [4.78, 5) is 0. The van der Waals surface area contributed by atoms with Gasteiger partial charge >= 0.3 is 0 Å². The molecule has 110 valence electrons. The lowest BCUT2D eigenvalue weighted by Gasteiger charge is -1.96. The highest BCUT2D eigenvalue weighted by Gasteiger charge is 1.90. The van der Waals surface area contributed by atoms with Crippen molar-refractivity contribution in [2.45, 2.75) is 48.0 Å². The van der Waals surface area contributed by atoms with Gasteiger partial charge in [0.2, 0.25) is 0 Å². The molecule has 0 aliphatic rings. The maximum Gasteiger partial charge on any atom is 0.0143 e. The standard InChI is InChI=1S/C7H11N.C5H7N.C3H8.C2H6/c1-6-4-5-7(2)8(6)3;1-6-4-2-3-5-6;1-3-2;1-2/h4-5H,1-3H3;2-5H,1H3;3H2,1-2H3;1-2H3. The van der Waals surface area contributed by atoms with Crippen LogP contribution in [0.3, 0.4) is 0 Å². The van der Waals surface area contributed by atoms with E-state index < -0.39 is 0 Å². The quantitative estimate of drug-likeness (QED) is 0.626. The molecule has 0 unspecified atom stereocenters. The van der Waals surface area contributed by atoms with E-state index in [1.54, 1.807) is 0 Å². The monoisotopic (exact) mass is 264 g/mol. The Labute approximate surface area is 120 Å². The minimum absolute atomic E-state index is 1.25. The van der Waals surface area contributed by atoms with E-state index in [0.29, 0.717) is 0 Å². The summed E-state index contributed by atoms with van der Waals surface area (Å²) in [5.41, 5.74) is 2.64. The molecule has 0 bridgehead atoms. The van der Waals surface area contributed by atoms with Crippen molar-refractivity contribution in [2.75, 3.05) is 0 Å². The molecule has 0 radical (unpaired) electrons. The van der Waals surface area contributed by atoms with Gasteiger partial charge in [-0.05, 0) is 38.1 Å². The highest BCUT2D eigenvalue weighted by Crippen LogP contribution is 2.02. The van der Waals surface area contributed by atoms with Gasteiger partial charge < -0.3 is 9.13 Å². The van der Waals surface area contributed by atoms with Crippen molar-refractivity contribution in [3.63, 3.8) is 0 Å². The molecular formula is C17H32N2. The minimum Gasteiger partial charge on any atom is -0.357 e. The van der Waals surface area contributed by atoms with Crippen LogP contribution >= 0.6 is 0 Å². The van der Waals surface area contributed by atoms with Crippen molar-refractivity contribution in [1.82, 2.24) is 9.13 Å². The molecule has 0 amide bonds. The van der Waals surface area contributed by atoms with E-state index in [2.05, 4.69) is 51.4 Å². The van der Waals surface area contributed by atoms with Gasteiger partial charge in [-0.2, -0.15) is 0 Å². The molecule has 0 spiro atoms. The normalized spacial score (nSPS) is 8.21. The molecule has 0 N–H and O–H groups in total. The maximum atomic E-state index is 2.17. The molecule has 2 heteroatoms. The fraction of sp³-hybridized carbons (Fsp3) is 0.529. The first-order chi connectivity index (χ1) is 9.02. The first kappa shape index (κ1) is 19.9. The predicted octanol–water partition coefficient (Wildman–Crippen LogP) is 5.11. The van der Waals surface area contributed by atoms with Crippen LogP contribution in [0.25, 0.3) is 0 Å². The Bertz CT molecular complexity index is 364. The van der Waals surface area contributed by atoms with Crippen LogP contribution in [0.15, 0.2) is 36.7 Å². The van der Waals surface area contributed by atoms with Gasteiger partial charge in [-0.1, -0.05) is 34.1 Å². The smallest absolute Gasteiger partial charge is 0.0143 e. The van der Waals surface area contributed by atoms with E-state index in [9.17, 15) is 0 Å². The Kier molecular flexibility index (Phi) is 13.6. The molecule has 0 atom stereocenters. The number of aromatic nitrogens is 2. The first-order valence-electron chi connectivity index (χ1n) is 7.18. The van der Waals surface area contributed by atoms with Gasteiger partial charge in [0.05, 0.1) is 0 Å². The number of hydrogen-bond donors (Lipinski definition) is 0. The fourth-order valence-electron chi connectivity index (χ4n) is 1.16. The summed E-state index contributed by atoms with van der Waals surface area (Å²) in [6.45, 7) is 12.5.